The molecule has 1 aliphatic heterocycles. The molecule has 3 aliphatic rings. The third-order valence-electron chi connectivity index (χ3n) is 4.13. The average molecular weight is 294 g/mol. The van der Waals surface area contributed by atoms with E-state index in [9.17, 15) is 9.59 Å². The minimum Gasteiger partial charge on any atom is -0.386 e. The van der Waals surface area contributed by atoms with Gasteiger partial charge in [-0.2, -0.15) is 0 Å². The van der Waals surface area contributed by atoms with Crippen molar-refractivity contribution in [2.45, 2.75) is 19.3 Å². The number of esters is 2. The molecule has 1 saturated carbocycles. The first-order valence-electron chi connectivity index (χ1n) is 7.60. The second-order valence-electron chi connectivity index (χ2n) is 5.77. The van der Waals surface area contributed by atoms with Crippen molar-refractivity contribution in [1.29, 1.82) is 0 Å². The molecule has 2 atom stereocenters. The Morgan fingerprint density at radius 1 is 0.955 bits per heavy atom. The molecule has 22 heavy (non-hydrogen) atoms. The van der Waals surface area contributed by atoms with Gasteiger partial charge in [-0.25, -0.2) is 9.59 Å². The van der Waals surface area contributed by atoms with E-state index in [2.05, 4.69) is 16.9 Å². The summed E-state index contributed by atoms with van der Waals surface area (Å²) in [6.45, 7) is 0. The second kappa shape index (κ2) is 6.56. The Kier molecular flexibility index (Phi) is 4.33. The first-order chi connectivity index (χ1) is 10.7. The number of cyclic esters (lactones) is 2. The van der Waals surface area contributed by atoms with Gasteiger partial charge < -0.3 is 4.74 Å². The van der Waals surface area contributed by atoms with Crippen molar-refractivity contribution < 1.29 is 14.3 Å². The van der Waals surface area contributed by atoms with Crippen LogP contribution in [0.1, 0.15) is 24.8 Å². The van der Waals surface area contributed by atoms with Crippen molar-refractivity contribution >= 4 is 18.0 Å². The molecule has 1 heterocycles. The van der Waals surface area contributed by atoms with Crippen LogP contribution in [-0.2, 0) is 14.3 Å². The molecule has 0 spiro atoms. The van der Waals surface area contributed by atoms with Crippen LogP contribution in [0.15, 0.2) is 60.2 Å². The molecule has 3 nitrogen and oxygen atoms in total. The zero-order valence-electron chi connectivity index (χ0n) is 12.3. The van der Waals surface area contributed by atoms with Gasteiger partial charge in [0.15, 0.2) is 0 Å². The van der Waals surface area contributed by atoms with Crippen LogP contribution in [0.25, 0.3) is 6.08 Å². The number of ether oxygens (including phenoxy) is 1. The molecule has 0 radical (unpaired) electrons. The summed E-state index contributed by atoms with van der Waals surface area (Å²) in [7, 11) is 0. The summed E-state index contributed by atoms with van der Waals surface area (Å²) in [5.41, 5.74) is 1.24. The Balaban J connectivity index is 0.000000169. The van der Waals surface area contributed by atoms with Crippen molar-refractivity contribution in [3.05, 3.63) is 65.8 Å². The largest absolute Gasteiger partial charge is 0.386 e. The summed E-state index contributed by atoms with van der Waals surface area (Å²) in [5.74, 6) is 0.787. The normalized spacial score (nSPS) is 25.2. The molecule has 0 amide bonds. The number of allylic oxidation sites excluding steroid dienone is 2. The monoisotopic (exact) mass is 294 g/mol. The van der Waals surface area contributed by atoms with E-state index in [0.717, 1.165) is 17.4 Å². The quantitative estimate of drug-likeness (QED) is 0.475. The van der Waals surface area contributed by atoms with Crippen molar-refractivity contribution in [3.8, 4) is 0 Å². The summed E-state index contributed by atoms with van der Waals surface area (Å²) in [4.78, 5) is 21.8. The fourth-order valence-electron chi connectivity index (χ4n) is 2.95. The number of carbonyl (C=O) groups is 2. The van der Waals surface area contributed by atoms with Crippen molar-refractivity contribution in [2.24, 2.45) is 11.8 Å². The maximum Gasteiger partial charge on any atom is 0.346 e. The van der Waals surface area contributed by atoms with Crippen LogP contribution in [0.3, 0.4) is 0 Å². The third-order valence-corrected chi connectivity index (χ3v) is 4.13. The summed E-state index contributed by atoms with van der Waals surface area (Å²) in [6.07, 6.45) is 13.7. The van der Waals surface area contributed by atoms with Gasteiger partial charge in [0.2, 0.25) is 0 Å². The molecule has 2 aliphatic carbocycles. The predicted octanol–water partition coefficient (Wildman–Crippen LogP) is 3.68. The van der Waals surface area contributed by atoms with Gasteiger partial charge in [-0.05, 0) is 42.7 Å². The standard InChI is InChI=1S/C12H8O3.C7H10/c13-11-8-10(12(14)15-11)7-6-9-4-2-1-3-5-9;1-2-7-4-3-6(1)5-7/h1-8H;1-2,6-7H,3-5H2. The van der Waals surface area contributed by atoms with Gasteiger partial charge >= 0.3 is 11.9 Å². The predicted molar refractivity (Wildman–Crippen MR) is 84.6 cm³/mol. The molecule has 3 heteroatoms. The molecular weight excluding hydrogens is 276 g/mol. The molecule has 1 aromatic rings. The number of carbonyl (C=O) groups excluding carboxylic acids is 2. The molecule has 4 rings (SSSR count). The highest BCUT2D eigenvalue weighted by atomic mass is 16.6. The highest BCUT2D eigenvalue weighted by Crippen LogP contribution is 2.38. The second-order valence-corrected chi connectivity index (χ2v) is 5.77. The number of benzene rings is 1. The topological polar surface area (TPSA) is 43.4 Å². The molecular formula is C19H18O3. The van der Waals surface area contributed by atoms with Crippen LogP contribution >= 0.6 is 0 Å². The van der Waals surface area contributed by atoms with Crippen LogP contribution in [0.5, 0.6) is 0 Å². The highest BCUT2D eigenvalue weighted by molar-refractivity contribution is 6.10. The molecule has 2 bridgehead atoms. The minimum absolute atomic E-state index is 0.281. The lowest BCUT2D eigenvalue weighted by molar-refractivity contribution is -0.150. The van der Waals surface area contributed by atoms with E-state index in [0.29, 0.717) is 0 Å². The Labute approximate surface area is 130 Å². The van der Waals surface area contributed by atoms with E-state index in [-0.39, 0.29) is 5.57 Å². The Morgan fingerprint density at radius 2 is 1.64 bits per heavy atom. The molecule has 0 N–H and O–H groups in total. The fraction of sp³-hybridized carbons (Fsp3) is 0.263. The van der Waals surface area contributed by atoms with Crippen molar-refractivity contribution in [2.75, 3.05) is 0 Å². The molecule has 0 aromatic heterocycles. The molecule has 1 fully saturated rings. The molecule has 2 unspecified atom stereocenters. The Bertz CT molecular complexity index is 641. The number of fused-ring (bicyclic) bond motifs is 2. The third kappa shape index (κ3) is 3.61. The van der Waals surface area contributed by atoms with Crippen LogP contribution in [-0.4, -0.2) is 11.9 Å². The van der Waals surface area contributed by atoms with Crippen LogP contribution in [0.4, 0.5) is 0 Å². The number of hydrogen-bond acceptors (Lipinski definition) is 3. The van der Waals surface area contributed by atoms with Gasteiger partial charge in [-0.1, -0.05) is 48.6 Å². The van der Waals surface area contributed by atoms with Crippen molar-refractivity contribution in [1.82, 2.24) is 0 Å². The van der Waals surface area contributed by atoms with Gasteiger partial charge in [0.25, 0.3) is 0 Å². The smallest absolute Gasteiger partial charge is 0.346 e. The average Bonchev–Trinajstić information content (AvgIpc) is 3.24. The number of hydrogen-bond donors (Lipinski definition) is 0. The zero-order chi connectivity index (χ0) is 15.4. The SMILES string of the molecule is C1=CC2CCC1C2.O=C1C=C(C=Cc2ccccc2)C(=O)O1. The lowest BCUT2D eigenvalue weighted by atomic mass is 10.1. The lowest BCUT2D eigenvalue weighted by Gasteiger charge is -1.96. The maximum atomic E-state index is 11.0. The summed E-state index contributed by atoms with van der Waals surface area (Å²) in [5, 5.41) is 0. The van der Waals surface area contributed by atoms with Crippen molar-refractivity contribution in [3.63, 3.8) is 0 Å². The first-order valence-corrected chi connectivity index (χ1v) is 7.60. The summed E-state index contributed by atoms with van der Waals surface area (Å²) >= 11 is 0. The molecule has 112 valence electrons. The molecule has 0 saturated heterocycles. The molecule has 1 aromatic carbocycles. The van der Waals surface area contributed by atoms with E-state index in [1.165, 1.54) is 25.3 Å². The lowest BCUT2D eigenvalue weighted by Crippen LogP contribution is -2.00. The van der Waals surface area contributed by atoms with Gasteiger partial charge in [0, 0.05) is 6.08 Å². The van der Waals surface area contributed by atoms with Gasteiger partial charge in [-0.15, -0.1) is 0 Å². The first kappa shape index (κ1) is 14.5. The fourth-order valence-corrected chi connectivity index (χ4v) is 2.95. The van der Waals surface area contributed by atoms with Gasteiger partial charge in [-0.3, -0.25) is 0 Å². The van der Waals surface area contributed by atoms with Crippen LogP contribution in [0, 0.1) is 11.8 Å². The highest BCUT2D eigenvalue weighted by Gasteiger charge is 2.25. The van der Waals surface area contributed by atoms with Crippen LogP contribution < -0.4 is 0 Å². The maximum absolute atomic E-state index is 11.0. The van der Waals surface area contributed by atoms with Gasteiger partial charge in [0.05, 0.1) is 5.57 Å². The van der Waals surface area contributed by atoms with E-state index in [4.69, 9.17) is 0 Å². The van der Waals surface area contributed by atoms with E-state index >= 15 is 0 Å². The van der Waals surface area contributed by atoms with E-state index in [1.807, 2.05) is 30.3 Å². The van der Waals surface area contributed by atoms with E-state index < -0.39 is 11.9 Å². The Morgan fingerprint density at radius 3 is 2.09 bits per heavy atom. The summed E-state index contributed by atoms with van der Waals surface area (Å²) < 4.78 is 4.34. The summed E-state index contributed by atoms with van der Waals surface area (Å²) in [6, 6.07) is 9.50. The van der Waals surface area contributed by atoms with Crippen LogP contribution in [0.2, 0.25) is 0 Å². The van der Waals surface area contributed by atoms with E-state index in [1.54, 1.807) is 12.2 Å². The number of rotatable bonds is 2. The zero-order valence-corrected chi connectivity index (χ0v) is 12.3. The minimum atomic E-state index is -0.604. The Hall–Kier alpha value is -2.42. The van der Waals surface area contributed by atoms with Gasteiger partial charge in [0.1, 0.15) is 0 Å².